The highest BCUT2D eigenvalue weighted by molar-refractivity contribution is 5.14. The molecule has 16 heavy (non-hydrogen) atoms. The van der Waals surface area contributed by atoms with E-state index in [0.29, 0.717) is 13.0 Å². The van der Waals surface area contributed by atoms with E-state index in [1.54, 1.807) is 7.11 Å². The molecule has 0 fully saturated rings. The number of hydrogen-bond donors (Lipinski definition) is 2. The summed E-state index contributed by atoms with van der Waals surface area (Å²) in [6, 6.07) is 0. The van der Waals surface area contributed by atoms with E-state index in [1.807, 2.05) is 24.9 Å². The van der Waals surface area contributed by atoms with Gasteiger partial charge >= 0.3 is 0 Å². The highest BCUT2D eigenvalue weighted by atomic mass is 16.5. The molecule has 1 aromatic heterocycles. The number of aliphatic hydroxyl groups is 1. The number of aryl methyl sites for hydroxylation is 2. The van der Waals surface area contributed by atoms with E-state index in [1.165, 1.54) is 5.56 Å². The lowest BCUT2D eigenvalue weighted by atomic mass is 10.2. The van der Waals surface area contributed by atoms with E-state index in [0.717, 1.165) is 18.8 Å². The van der Waals surface area contributed by atoms with Crippen LogP contribution < -0.4 is 5.32 Å². The van der Waals surface area contributed by atoms with Crippen molar-refractivity contribution in [2.75, 3.05) is 20.3 Å². The minimum Gasteiger partial charge on any atom is -0.391 e. The van der Waals surface area contributed by atoms with Crippen LogP contribution in [0.15, 0.2) is 6.20 Å². The third kappa shape index (κ3) is 4.30. The van der Waals surface area contributed by atoms with Crippen molar-refractivity contribution >= 4 is 0 Å². The number of aromatic nitrogens is 2. The van der Waals surface area contributed by atoms with Gasteiger partial charge in [-0.05, 0) is 19.9 Å². The number of aliphatic hydroxyl groups excluding tert-OH is 1. The SMILES string of the molecule is COCC(O)CCNCc1cn(C)nc1C. The van der Waals surface area contributed by atoms with E-state index in [4.69, 9.17) is 4.74 Å². The van der Waals surface area contributed by atoms with Crippen LogP contribution in [0, 0.1) is 6.92 Å². The molecule has 0 aliphatic rings. The molecule has 0 aliphatic heterocycles. The second kappa shape index (κ2) is 6.62. The summed E-state index contributed by atoms with van der Waals surface area (Å²) < 4.78 is 6.66. The summed E-state index contributed by atoms with van der Waals surface area (Å²) in [5.41, 5.74) is 2.25. The Morgan fingerprint density at radius 2 is 2.38 bits per heavy atom. The first-order chi connectivity index (χ1) is 7.63. The van der Waals surface area contributed by atoms with Gasteiger partial charge in [0.1, 0.15) is 0 Å². The topological polar surface area (TPSA) is 59.3 Å². The van der Waals surface area contributed by atoms with Crippen LogP contribution in [0.1, 0.15) is 17.7 Å². The van der Waals surface area contributed by atoms with Gasteiger partial charge in [-0.2, -0.15) is 5.10 Å². The van der Waals surface area contributed by atoms with Gasteiger partial charge in [0, 0.05) is 32.5 Å². The molecule has 0 amide bonds. The van der Waals surface area contributed by atoms with Crippen molar-refractivity contribution < 1.29 is 9.84 Å². The van der Waals surface area contributed by atoms with Crippen LogP contribution in [0.2, 0.25) is 0 Å². The number of rotatable bonds is 7. The van der Waals surface area contributed by atoms with Gasteiger partial charge in [0.05, 0.1) is 18.4 Å². The molecular formula is C11H21N3O2. The maximum atomic E-state index is 9.42. The van der Waals surface area contributed by atoms with Gasteiger partial charge in [-0.15, -0.1) is 0 Å². The molecule has 1 unspecified atom stereocenters. The predicted molar refractivity (Wildman–Crippen MR) is 62.2 cm³/mol. The smallest absolute Gasteiger partial charge is 0.0785 e. The Kier molecular flexibility index (Phi) is 5.45. The normalized spacial score (nSPS) is 13.0. The fourth-order valence-electron chi connectivity index (χ4n) is 1.59. The average Bonchev–Trinajstić information content (AvgIpc) is 2.53. The Morgan fingerprint density at radius 3 is 2.94 bits per heavy atom. The van der Waals surface area contributed by atoms with Crippen molar-refractivity contribution in [3.05, 3.63) is 17.5 Å². The monoisotopic (exact) mass is 227 g/mol. The van der Waals surface area contributed by atoms with Gasteiger partial charge in [-0.1, -0.05) is 0 Å². The summed E-state index contributed by atoms with van der Waals surface area (Å²) in [5, 5.41) is 17.0. The molecule has 0 aliphatic carbocycles. The lowest BCUT2D eigenvalue weighted by Gasteiger charge is -2.09. The Morgan fingerprint density at radius 1 is 1.62 bits per heavy atom. The van der Waals surface area contributed by atoms with Gasteiger partial charge in [0.25, 0.3) is 0 Å². The third-order valence-corrected chi connectivity index (χ3v) is 2.44. The minimum atomic E-state index is -0.382. The molecule has 5 nitrogen and oxygen atoms in total. The summed E-state index contributed by atoms with van der Waals surface area (Å²) in [6.45, 7) is 3.96. The van der Waals surface area contributed by atoms with Crippen LogP contribution in [-0.4, -0.2) is 41.3 Å². The van der Waals surface area contributed by atoms with Gasteiger partial charge in [-0.3, -0.25) is 4.68 Å². The van der Waals surface area contributed by atoms with E-state index in [9.17, 15) is 5.11 Å². The Hall–Kier alpha value is -0.910. The van der Waals surface area contributed by atoms with Crippen molar-refractivity contribution in [3.63, 3.8) is 0 Å². The second-order valence-electron chi connectivity index (χ2n) is 3.99. The van der Waals surface area contributed by atoms with Crippen LogP contribution in [0.4, 0.5) is 0 Å². The summed E-state index contributed by atoms with van der Waals surface area (Å²) in [7, 11) is 3.51. The molecule has 0 saturated heterocycles. The summed E-state index contributed by atoms with van der Waals surface area (Å²) in [5.74, 6) is 0. The van der Waals surface area contributed by atoms with Crippen molar-refractivity contribution in [1.82, 2.24) is 15.1 Å². The number of methoxy groups -OCH3 is 1. The maximum absolute atomic E-state index is 9.42. The fourth-order valence-corrected chi connectivity index (χ4v) is 1.59. The number of ether oxygens (including phenoxy) is 1. The van der Waals surface area contributed by atoms with Gasteiger partial charge in [0.2, 0.25) is 0 Å². The zero-order chi connectivity index (χ0) is 12.0. The minimum absolute atomic E-state index is 0.382. The first-order valence-electron chi connectivity index (χ1n) is 5.50. The molecule has 0 spiro atoms. The number of nitrogens with one attached hydrogen (secondary N) is 1. The quantitative estimate of drug-likeness (QED) is 0.654. The first-order valence-corrected chi connectivity index (χ1v) is 5.50. The highest BCUT2D eigenvalue weighted by Crippen LogP contribution is 2.03. The van der Waals surface area contributed by atoms with Crippen LogP contribution in [-0.2, 0) is 18.3 Å². The van der Waals surface area contributed by atoms with Crippen LogP contribution in [0.3, 0.4) is 0 Å². The van der Waals surface area contributed by atoms with Crippen LogP contribution in [0.5, 0.6) is 0 Å². The van der Waals surface area contributed by atoms with E-state index in [-0.39, 0.29) is 6.10 Å². The number of hydrogen-bond acceptors (Lipinski definition) is 4. The molecular weight excluding hydrogens is 206 g/mol. The summed E-state index contributed by atoms with van der Waals surface area (Å²) in [6.07, 6.45) is 2.33. The van der Waals surface area contributed by atoms with Crippen molar-refractivity contribution in [1.29, 1.82) is 0 Å². The molecule has 92 valence electrons. The third-order valence-electron chi connectivity index (χ3n) is 2.44. The highest BCUT2D eigenvalue weighted by Gasteiger charge is 2.04. The molecule has 1 heterocycles. The fraction of sp³-hybridized carbons (Fsp3) is 0.727. The summed E-state index contributed by atoms with van der Waals surface area (Å²) >= 11 is 0. The average molecular weight is 227 g/mol. The van der Waals surface area contributed by atoms with Gasteiger partial charge < -0.3 is 15.2 Å². The van der Waals surface area contributed by atoms with Crippen molar-refractivity contribution in [2.45, 2.75) is 26.0 Å². The molecule has 2 N–H and O–H groups in total. The molecule has 1 atom stereocenters. The number of nitrogens with zero attached hydrogens (tertiary/aromatic N) is 2. The molecule has 0 saturated carbocycles. The predicted octanol–water partition coefficient (Wildman–Crippen LogP) is 0.216. The van der Waals surface area contributed by atoms with Crippen LogP contribution in [0.25, 0.3) is 0 Å². The zero-order valence-electron chi connectivity index (χ0n) is 10.2. The zero-order valence-corrected chi connectivity index (χ0v) is 10.2. The first kappa shape index (κ1) is 13.2. The van der Waals surface area contributed by atoms with E-state index < -0.39 is 0 Å². The molecule has 0 radical (unpaired) electrons. The lowest BCUT2D eigenvalue weighted by Crippen LogP contribution is -2.23. The molecule has 5 heteroatoms. The Bertz CT molecular complexity index is 312. The van der Waals surface area contributed by atoms with Gasteiger partial charge in [-0.25, -0.2) is 0 Å². The van der Waals surface area contributed by atoms with Crippen LogP contribution >= 0.6 is 0 Å². The Balaban J connectivity index is 2.18. The molecule has 1 aromatic rings. The molecule has 1 rings (SSSR count). The Labute approximate surface area is 96.4 Å². The lowest BCUT2D eigenvalue weighted by molar-refractivity contribution is 0.0594. The van der Waals surface area contributed by atoms with Crippen molar-refractivity contribution in [2.24, 2.45) is 7.05 Å². The largest absolute Gasteiger partial charge is 0.391 e. The van der Waals surface area contributed by atoms with Gasteiger partial charge in [0.15, 0.2) is 0 Å². The van der Waals surface area contributed by atoms with Crippen molar-refractivity contribution in [3.8, 4) is 0 Å². The molecule has 0 bridgehead atoms. The molecule has 0 aromatic carbocycles. The standard InChI is InChI=1S/C11H21N3O2/c1-9-10(7-14(2)13-9)6-12-5-4-11(15)8-16-3/h7,11-12,15H,4-6,8H2,1-3H3. The van der Waals surface area contributed by atoms with E-state index >= 15 is 0 Å². The second-order valence-corrected chi connectivity index (χ2v) is 3.99. The van der Waals surface area contributed by atoms with E-state index in [2.05, 4.69) is 10.4 Å². The summed E-state index contributed by atoms with van der Waals surface area (Å²) in [4.78, 5) is 0. The maximum Gasteiger partial charge on any atom is 0.0785 e.